The molecule has 3 nitrogen and oxygen atoms in total. The molecule has 10 rings (SSSR count). The van der Waals surface area contributed by atoms with Crippen molar-refractivity contribution in [3.05, 3.63) is 163 Å². The first-order valence-electron chi connectivity index (χ1n) is 16.5. The lowest BCUT2D eigenvalue weighted by atomic mass is 9.81. The van der Waals surface area contributed by atoms with Crippen molar-refractivity contribution in [1.82, 2.24) is 0 Å². The highest BCUT2D eigenvalue weighted by atomic mass is 16.3. The maximum Gasteiger partial charge on any atom is 0.147 e. The van der Waals surface area contributed by atoms with Crippen LogP contribution in [0.25, 0.3) is 66.1 Å². The Morgan fingerprint density at radius 1 is 0.438 bits per heavy atom. The van der Waals surface area contributed by atoms with Crippen molar-refractivity contribution >= 4 is 60.9 Å². The van der Waals surface area contributed by atoms with E-state index in [2.05, 4.69) is 152 Å². The first kappa shape index (κ1) is 27.1. The minimum atomic E-state index is -0.212. The number of nitrogens with zero attached hydrogens (tertiary/aromatic N) is 1. The summed E-state index contributed by atoms with van der Waals surface area (Å²) in [6.45, 7) is 4.71. The second-order valence-corrected chi connectivity index (χ2v) is 13.3. The van der Waals surface area contributed by atoms with Gasteiger partial charge in [0.2, 0.25) is 0 Å². The minimum Gasteiger partial charge on any atom is -0.456 e. The number of rotatable bonds is 4. The third kappa shape index (κ3) is 3.82. The SMILES string of the molecule is CC1(C)c2cc(-c3cc4oc5ccccc5c4c4oc5ccccc5c34)ccc2-c2ccc(N(c3ccccc3)c3ccccc3)cc21. The van der Waals surface area contributed by atoms with Gasteiger partial charge >= 0.3 is 0 Å². The number of hydrogen-bond donors (Lipinski definition) is 0. The Morgan fingerprint density at radius 2 is 1.00 bits per heavy atom. The molecule has 48 heavy (non-hydrogen) atoms. The van der Waals surface area contributed by atoms with E-state index in [9.17, 15) is 0 Å². The van der Waals surface area contributed by atoms with Crippen molar-refractivity contribution < 1.29 is 8.83 Å². The summed E-state index contributed by atoms with van der Waals surface area (Å²) >= 11 is 0. The largest absolute Gasteiger partial charge is 0.456 e. The van der Waals surface area contributed by atoms with Gasteiger partial charge in [0, 0.05) is 38.6 Å². The van der Waals surface area contributed by atoms with Gasteiger partial charge in [-0.05, 0) is 94.0 Å². The third-order valence-corrected chi connectivity index (χ3v) is 10.2. The summed E-state index contributed by atoms with van der Waals surface area (Å²) in [6, 6.07) is 53.9. The van der Waals surface area contributed by atoms with E-state index < -0.39 is 0 Å². The zero-order valence-electron chi connectivity index (χ0n) is 26.7. The van der Waals surface area contributed by atoms with Crippen molar-refractivity contribution in [3.63, 3.8) is 0 Å². The van der Waals surface area contributed by atoms with Gasteiger partial charge in [-0.3, -0.25) is 0 Å². The van der Waals surface area contributed by atoms with Crippen molar-refractivity contribution in [2.24, 2.45) is 0 Å². The van der Waals surface area contributed by atoms with Crippen LogP contribution in [0.4, 0.5) is 17.1 Å². The van der Waals surface area contributed by atoms with E-state index >= 15 is 0 Å². The molecule has 0 saturated heterocycles. The van der Waals surface area contributed by atoms with Gasteiger partial charge < -0.3 is 13.7 Å². The van der Waals surface area contributed by atoms with Crippen LogP contribution in [0.5, 0.6) is 0 Å². The standard InChI is InChI=1S/C45H31NO2/c1-45(2)37-25-28(36-27-41-43(35-18-10-11-19-39(35)47-41)44-42(36)34-17-9-12-20-40(34)48-44)21-23-32(37)33-24-22-31(26-38(33)45)46(29-13-5-3-6-14-29)30-15-7-4-8-16-30/h3-27H,1-2H3. The highest BCUT2D eigenvalue weighted by Crippen LogP contribution is 2.52. The molecule has 3 heteroatoms. The number of furan rings is 2. The van der Waals surface area contributed by atoms with Crippen LogP contribution in [0.1, 0.15) is 25.0 Å². The Kier molecular flexibility index (Phi) is 5.63. The maximum atomic E-state index is 6.62. The first-order chi connectivity index (χ1) is 23.6. The van der Waals surface area contributed by atoms with Crippen molar-refractivity contribution in [1.29, 1.82) is 0 Å². The Hall–Kier alpha value is -6.06. The van der Waals surface area contributed by atoms with Crippen LogP contribution >= 0.6 is 0 Å². The predicted molar refractivity (Wildman–Crippen MR) is 199 cm³/mol. The summed E-state index contributed by atoms with van der Waals surface area (Å²) < 4.78 is 13.1. The summed E-state index contributed by atoms with van der Waals surface area (Å²) in [6.07, 6.45) is 0. The van der Waals surface area contributed by atoms with Crippen LogP contribution in [-0.4, -0.2) is 0 Å². The van der Waals surface area contributed by atoms with E-state index in [1.54, 1.807) is 0 Å². The second kappa shape index (κ2) is 9.97. The van der Waals surface area contributed by atoms with Gasteiger partial charge in [0.1, 0.15) is 22.3 Å². The normalized spacial score (nSPS) is 13.4. The Morgan fingerprint density at radius 3 is 1.69 bits per heavy atom. The fourth-order valence-corrected chi connectivity index (χ4v) is 7.95. The van der Waals surface area contributed by atoms with Crippen molar-refractivity contribution in [2.75, 3.05) is 4.90 Å². The number of anilines is 3. The molecule has 7 aromatic carbocycles. The minimum absolute atomic E-state index is 0.212. The van der Waals surface area contributed by atoms with Gasteiger partial charge in [0.25, 0.3) is 0 Å². The zero-order chi connectivity index (χ0) is 32.0. The molecule has 0 amide bonds. The van der Waals surface area contributed by atoms with Crippen LogP contribution in [0.2, 0.25) is 0 Å². The lowest BCUT2D eigenvalue weighted by Gasteiger charge is -2.28. The van der Waals surface area contributed by atoms with E-state index in [0.717, 1.165) is 72.1 Å². The highest BCUT2D eigenvalue weighted by Gasteiger charge is 2.36. The van der Waals surface area contributed by atoms with Crippen LogP contribution < -0.4 is 4.90 Å². The topological polar surface area (TPSA) is 29.5 Å². The lowest BCUT2D eigenvalue weighted by molar-refractivity contribution is 0.660. The zero-order valence-corrected chi connectivity index (χ0v) is 26.7. The van der Waals surface area contributed by atoms with Gasteiger partial charge in [-0.25, -0.2) is 0 Å². The summed E-state index contributed by atoms with van der Waals surface area (Å²) in [5, 5.41) is 4.35. The average molecular weight is 618 g/mol. The molecule has 1 aliphatic carbocycles. The fraction of sp³-hybridized carbons (Fsp3) is 0.0667. The van der Waals surface area contributed by atoms with E-state index in [1.807, 2.05) is 18.2 Å². The molecular formula is C45H31NO2. The summed E-state index contributed by atoms with van der Waals surface area (Å²) in [5.41, 5.74) is 14.2. The molecule has 0 saturated carbocycles. The molecule has 0 aliphatic heterocycles. The molecule has 0 unspecified atom stereocenters. The van der Waals surface area contributed by atoms with Crippen molar-refractivity contribution in [2.45, 2.75) is 19.3 Å². The number of fused-ring (bicyclic) bond motifs is 10. The van der Waals surface area contributed by atoms with Crippen molar-refractivity contribution in [3.8, 4) is 22.3 Å². The van der Waals surface area contributed by atoms with E-state index in [-0.39, 0.29) is 5.41 Å². The van der Waals surface area contributed by atoms with E-state index in [0.29, 0.717) is 0 Å². The molecule has 0 N–H and O–H groups in total. The molecule has 228 valence electrons. The molecule has 0 spiro atoms. The van der Waals surface area contributed by atoms with Gasteiger partial charge in [-0.1, -0.05) is 105 Å². The van der Waals surface area contributed by atoms with Gasteiger partial charge in [0.15, 0.2) is 0 Å². The molecule has 0 radical (unpaired) electrons. The molecule has 0 atom stereocenters. The summed E-state index contributed by atoms with van der Waals surface area (Å²) in [5.74, 6) is 0. The summed E-state index contributed by atoms with van der Waals surface area (Å²) in [4.78, 5) is 2.34. The monoisotopic (exact) mass is 617 g/mol. The van der Waals surface area contributed by atoms with E-state index in [4.69, 9.17) is 8.83 Å². The molecule has 0 bridgehead atoms. The van der Waals surface area contributed by atoms with Gasteiger partial charge in [0.05, 0.1) is 5.39 Å². The quantitative estimate of drug-likeness (QED) is 0.197. The van der Waals surface area contributed by atoms with Crippen LogP contribution in [0, 0.1) is 0 Å². The van der Waals surface area contributed by atoms with E-state index in [1.165, 1.54) is 22.3 Å². The molecule has 2 heterocycles. The third-order valence-electron chi connectivity index (χ3n) is 10.2. The predicted octanol–water partition coefficient (Wildman–Crippen LogP) is 12.9. The summed E-state index contributed by atoms with van der Waals surface area (Å²) in [7, 11) is 0. The van der Waals surface area contributed by atoms with Gasteiger partial charge in [-0.2, -0.15) is 0 Å². The Bertz CT molecular complexity index is 2660. The number of hydrogen-bond acceptors (Lipinski definition) is 3. The van der Waals surface area contributed by atoms with Crippen LogP contribution in [0.15, 0.2) is 160 Å². The second-order valence-electron chi connectivity index (χ2n) is 13.3. The molecule has 2 aromatic heterocycles. The first-order valence-corrected chi connectivity index (χ1v) is 16.5. The lowest BCUT2D eigenvalue weighted by Crippen LogP contribution is -2.16. The maximum absolute atomic E-state index is 6.62. The highest BCUT2D eigenvalue weighted by molar-refractivity contribution is 6.26. The number of benzene rings is 7. The Balaban J connectivity index is 1.16. The van der Waals surface area contributed by atoms with Crippen LogP contribution in [-0.2, 0) is 5.41 Å². The molecule has 9 aromatic rings. The Labute approximate surface area is 278 Å². The fourth-order valence-electron chi connectivity index (χ4n) is 7.95. The molecule has 0 fully saturated rings. The van der Waals surface area contributed by atoms with Gasteiger partial charge in [-0.15, -0.1) is 0 Å². The molecular weight excluding hydrogens is 587 g/mol. The smallest absolute Gasteiger partial charge is 0.147 e. The average Bonchev–Trinajstić information content (AvgIpc) is 3.77. The molecule has 1 aliphatic rings. The number of para-hydroxylation sites is 4. The van der Waals surface area contributed by atoms with Crippen LogP contribution in [0.3, 0.4) is 0 Å².